The zero-order valence-electron chi connectivity index (χ0n) is 15.3. The summed E-state index contributed by atoms with van der Waals surface area (Å²) in [5.74, 6) is -1.46. The quantitative estimate of drug-likeness (QED) is 0.708. The molecule has 12 heteroatoms. The van der Waals surface area contributed by atoms with Crippen LogP contribution in [0.1, 0.15) is 24.0 Å². The highest BCUT2D eigenvalue weighted by atomic mass is 19.4. The number of anilines is 2. The van der Waals surface area contributed by atoms with Gasteiger partial charge in [0.25, 0.3) is 0 Å². The number of carbonyl (C=O) groups is 1. The van der Waals surface area contributed by atoms with Crippen LogP contribution in [0.2, 0.25) is 0 Å². The van der Waals surface area contributed by atoms with Crippen molar-refractivity contribution >= 4 is 17.6 Å². The van der Waals surface area contributed by atoms with E-state index in [1.54, 1.807) is 4.90 Å². The Hall–Kier alpha value is -3.05. The number of nitrogen functional groups attached to an aromatic ring is 1. The molecule has 0 atom stereocenters. The molecule has 1 aromatic heterocycles. The van der Waals surface area contributed by atoms with Crippen LogP contribution in [0.3, 0.4) is 0 Å². The van der Waals surface area contributed by atoms with E-state index in [9.17, 15) is 31.1 Å². The first-order chi connectivity index (χ1) is 13.9. The molecule has 162 valence electrons. The van der Waals surface area contributed by atoms with Crippen molar-refractivity contribution in [3.8, 4) is 11.3 Å². The largest absolute Gasteiger partial charge is 0.481 e. The van der Waals surface area contributed by atoms with Crippen molar-refractivity contribution in [2.45, 2.75) is 25.2 Å². The summed E-state index contributed by atoms with van der Waals surface area (Å²) >= 11 is 0. The van der Waals surface area contributed by atoms with E-state index < -0.39 is 40.9 Å². The van der Waals surface area contributed by atoms with Crippen molar-refractivity contribution in [1.82, 2.24) is 9.97 Å². The molecule has 1 aromatic carbocycles. The average molecular weight is 434 g/mol. The Morgan fingerprint density at radius 1 is 1.03 bits per heavy atom. The van der Waals surface area contributed by atoms with Gasteiger partial charge in [0, 0.05) is 18.7 Å². The topological polar surface area (TPSA) is 92.3 Å². The zero-order chi connectivity index (χ0) is 22.3. The molecule has 0 amide bonds. The second-order valence-corrected chi connectivity index (χ2v) is 6.86. The maximum Gasteiger partial charge on any atom is 0.416 e. The van der Waals surface area contributed by atoms with E-state index in [-0.39, 0.29) is 36.5 Å². The number of alkyl halides is 6. The molecule has 0 saturated carbocycles. The molecule has 3 rings (SSSR count). The molecular formula is C18H16F6N4O2. The number of halogens is 6. The maximum absolute atomic E-state index is 13.1. The van der Waals surface area contributed by atoms with Crippen molar-refractivity contribution in [3.63, 3.8) is 0 Å². The van der Waals surface area contributed by atoms with Crippen LogP contribution in [-0.2, 0) is 17.1 Å². The van der Waals surface area contributed by atoms with Crippen LogP contribution in [0.15, 0.2) is 24.4 Å². The number of rotatable bonds is 3. The van der Waals surface area contributed by atoms with Gasteiger partial charge in [-0.3, -0.25) is 4.79 Å². The van der Waals surface area contributed by atoms with Gasteiger partial charge in [-0.05, 0) is 31.0 Å². The molecule has 0 spiro atoms. The summed E-state index contributed by atoms with van der Waals surface area (Å²) < 4.78 is 78.6. The molecule has 0 aliphatic carbocycles. The molecule has 30 heavy (non-hydrogen) atoms. The van der Waals surface area contributed by atoms with Crippen LogP contribution < -0.4 is 10.6 Å². The van der Waals surface area contributed by atoms with Crippen molar-refractivity contribution in [2.75, 3.05) is 23.7 Å². The van der Waals surface area contributed by atoms with Crippen molar-refractivity contribution in [3.05, 3.63) is 35.5 Å². The van der Waals surface area contributed by atoms with Crippen LogP contribution in [0.5, 0.6) is 0 Å². The fourth-order valence-electron chi connectivity index (χ4n) is 3.20. The highest BCUT2D eigenvalue weighted by molar-refractivity contribution is 5.71. The number of aliphatic carboxylic acids is 1. The van der Waals surface area contributed by atoms with E-state index in [1.807, 2.05) is 0 Å². The van der Waals surface area contributed by atoms with Gasteiger partial charge in [-0.2, -0.15) is 26.3 Å². The summed E-state index contributed by atoms with van der Waals surface area (Å²) in [6, 6.07) is 1.16. The molecule has 0 radical (unpaired) electrons. The zero-order valence-corrected chi connectivity index (χ0v) is 15.3. The van der Waals surface area contributed by atoms with Gasteiger partial charge in [0.2, 0.25) is 0 Å². The molecule has 1 saturated heterocycles. The van der Waals surface area contributed by atoms with Gasteiger partial charge >= 0.3 is 18.3 Å². The van der Waals surface area contributed by atoms with Crippen molar-refractivity contribution in [2.24, 2.45) is 5.92 Å². The Labute approximate surface area is 166 Å². The summed E-state index contributed by atoms with van der Waals surface area (Å²) in [7, 11) is 0. The van der Waals surface area contributed by atoms with Crippen LogP contribution in [0, 0.1) is 5.92 Å². The van der Waals surface area contributed by atoms with E-state index in [1.165, 1.54) is 0 Å². The van der Waals surface area contributed by atoms with Gasteiger partial charge in [0.1, 0.15) is 0 Å². The predicted octanol–water partition coefficient (Wildman–Crippen LogP) is 4.06. The fourth-order valence-corrected chi connectivity index (χ4v) is 3.20. The fraction of sp³-hybridized carbons (Fsp3) is 0.389. The summed E-state index contributed by atoms with van der Waals surface area (Å²) in [4.78, 5) is 20.7. The van der Waals surface area contributed by atoms with E-state index in [0.29, 0.717) is 25.0 Å². The average Bonchev–Trinajstić information content (AvgIpc) is 2.66. The Morgan fingerprint density at radius 3 is 2.03 bits per heavy atom. The minimum absolute atomic E-state index is 0.0335. The number of carboxylic acids is 1. The Balaban J connectivity index is 2.01. The number of piperidine rings is 1. The third-order valence-electron chi connectivity index (χ3n) is 4.81. The molecule has 6 nitrogen and oxygen atoms in total. The molecule has 1 aliphatic heterocycles. The number of aromatic nitrogens is 2. The maximum atomic E-state index is 13.1. The van der Waals surface area contributed by atoms with Crippen LogP contribution in [-0.4, -0.2) is 34.1 Å². The lowest BCUT2D eigenvalue weighted by Crippen LogP contribution is -2.37. The van der Waals surface area contributed by atoms with Gasteiger partial charge < -0.3 is 15.7 Å². The monoisotopic (exact) mass is 434 g/mol. The SMILES string of the molecule is Nc1ncc(-c2cc(C(F)(F)F)cc(C(F)(F)F)c2)nc1N1CCC(C(=O)O)CC1. The van der Waals surface area contributed by atoms with Gasteiger partial charge in [0.05, 0.1) is 28.9 Å². The van der Waals surface area contributed by atoms with Crippen molar-refractivity contribution < 1.29 is 36.2 Å². The molecule has 3 N–H and O–H groups in total. The van der Waals surface area contributed by atoms with Gasteiger partial charge in [0.15, 0.2) is 11.6 Å². The number of hydrogen-bond donors (Lipinski definition) is 2. The van der Waals surface area contributed by atoms with Gasteiger partial charge in [-0.25, -0.2) is 9.97 Å². The molecule has 2 aromatic rings. The Bertz CT molecular complexity index is 920. The van der Waals surface area contributed by atoms with Gasteiger partial charge in [-0.15, -0.1) is 0 Å². The van der Waals surface area contributed by atoms with Crippen molar-refractivity contribution in [1.29, 1.82) is 0 Å². The minimum Gasteiger partial charge on any atom is -0.481 e. The Morgan fingerprint density at radius 2 is 1.57 bits per heavy atom. The lowest BCUT2D eigenvalue weighted by Gasteiger charge is -2.31. The highest BCUT2D eigenvalue weighted by Gasteiger charge is 2.37. The number of benzene rings is 1. The van der Waals surface area contributed by atoms with E-state index in [2.05, 4.69) is 9.97 Å². The summed E-state index contributed by atoms with van der Waals surface area (Å²) in [5.41, 5.74) is 2.25. The second kappa shape index (κ2) is 7.65. The first-order valence-corrected chi connectivity index (χ1v) is 8.76. The first kappa shape index (κ1) is 21.7. The predicted molar refractivity (Wildman–Crippen MR) is 94.5 cm³/mol. The smallest absolute Gasteiger partial charge is 0.416 e. The van der Waals surface area contributed by atoms with E-state index in [0.717, 1.165) is 6.20 Å². The van der Waals surface area contributed by atoms with E-state index in [4.69, 9.17) is 10.8 Å². The number of hydrogen-bond acceptors (Lipinski definition) is 5. The number of carboxylic acid groups (broad SMARTS) is 1. The normalized spacial score (nSPS) is 16.0. The van der Waals surface area contributed by atoms with E-state index >= 15 is 0 Å². The molecule has 2 heterocycles. The van der Waals surface area contributed by atoms with Crippen LogP contribution >= 0.6 is 0 Å². The summed E-state index contributed by atoms with van der Waals surface area (Å²) in [6.45, 7) is 0.519. The van der Waals surface area contributed by atoms with Crippen LogP contribution in [0.25, 0.3) is 11.3 Å². The third kappa shape index (κ3) is 4.57. The molecule has 0 bridgehead atoms. The summed E-state index contributed by atoms with van der Waals surface area (Å²) in [5, 5.41) is 9.07. The first-order valence-electron chi connectivity index (χ1n) is 8.76. The summed E-state index contributed by atoms with van der Waals surface area (Å²) in [6.07, 6.45) is -8.39. The van der Waals surface area contributed by atoms with Gasteiger partial charge in [-0.1, -0.05) is 0 Å². The number of nitrogens with zero attached hydrogens (tertiary/aromatic N) is 3. The molecule has 1 fully saturated rings. The standard InChI is InChI=1S/C18H16F6N4O2/c19-17(20,21)11-5-10(6-12(7-11)18(22,23)24)13-8-26-14(25)15(27-13)28-3-1-9(2-4-28)16(29)30/h5-9H,1-4H2,(H2,25,26)(H,29,30). The third-order valence-corrected chi connectivity index (χ3v) is 4.81. The minimum atomic E-state index is -4.99. The lowest BCUT2D eigenvalue weighted by molar-refractivity contribution is -0.144. The number of nitrogens with two attached hydrogens (primary N) is 1. The molecule has 0 unspecified atom stereocenters. The molecule has 1 aliphatic rings. The highest BCUT2D eigenvalue weighted by Crippen LogP contribution is 2.39. The second-order valence-electron chi connectivity index (χ2n) is 6.86. The lowest BCUT2D eigenvalue weighted by atomic mass is 9.97. The Kier molecular flexibility index (Phi) is 5.52. The molecular weight excluding hydrogens is 418 g/mol. The van der Waals surface area contributed by atoms with Crippen LogP contribution in [0.4, 0.5) is 38.0 Å².